The van der Waals surface area contributed by atoms with Crippen molar-refractivity contribution in [2.75, 3.05) is 19.1 Å². The number of azo groups is 1. The average Bonchev–Trinajstić information content (AvgIpc) is 3.50. The lowest BCUT2D eigenvalue weighted by Crippen LogP contribution is -2.59. The summed E-state index contributed by atoms with van der Waals surface area (Å²) >= 11 is 0. The molecular weight excluding hydrogens is 528 g/mol. The van der Waals surface area contributed by atoms with Gasteiger partial charge in [0.05, 0.1) is 14.2 Å². The zero-order valence-electron chi connectivity index (χ0n) is 24.0. The van der Waals surface area contributed by atoms with E-state index in [0.29, 0.717) is 5.69 Å². The number of esters is 2. The minimum Gasteiger partial charge on any atom is -0.469 e. The summed E-state index contributed by atoms with van der Waals surface area (Å²) in [7, 11) is 2.68. The van der Waals surface area contributed by atoms with Gasteiger partial charge in [0.2, 0.25) is 0 Å². The first kappa shape index (κ1) is 27.2. The van der Waals surface area contributed by atoms with Crippen LogP contribution in [-0.2, 0) is 30.3 Å². The molecule has 4 atom stereocenters. The van der Waals surface area contributed by atoms with Crippen molar-refractivity contribution in [3.8, 4) is 0 Å². The third-order valence-electron chi connectivity index (χ3n) is 8.38. The predicted octanol–water partition coefficient (Wildman–Crippen LogP) is 5.52. The molecule has 0 radical (unpaired) electrons. The number of hydrogen-bond acceptors (Lipinski definition) is 7. The minimum atomic E-state index is -1.34. The number of rotatable bonds is 6. The Labute approximate surface area is 245 Å². The molecule has 0 amide bonds. The third kappa shape index (κ3) is 3.89. The van der Waals surface area contributed by atoms with Crippen molar-refractivity contribution in [1.82, 2.24) is 5.43 Å². The number of methoxy groups -OCH3 is 2. The number of fused-ring (bicyclic) bond motifs is 1. The molecule has 1 N–H and O–H groups in total. The van der Waals surface area contributed by atoms with E-state index < -0.39 is 35.1 Å². The Balaban J connectivity index is 1.80. The number of carbonyl (C=O) groups is 2. The molecule has 42 heavy (non-hydrogen) atoms. The number of nitrogens with one attached hydrogen (secondary N) is 1. The second-order valence-electron chi connectivity index (χ2n) is 10.7. The first-order valence-electron chi connectivity index (χ1n) is 13.9. The van der Waals surface area contributed by atoms with Gasteiger partial charge in [-0.3, -0.25) is 4.79 Å². The van der Waals surface area contributed by atoms with Crippen LogP contribution < -0.4 is 10.3 Å². The highest BCUT2D eigenvalue weighted by atomic mass is 16.5. The number of para-hydroxylation sites is 1. The Morgan fingerprint density at radius 3 is 1.86 bits per heavy atom. The summed E-state index contributed by atoms with van der Waals surface area (Å²) in [5.41, 5.74) is 6.24. The van der Waals surface area contributed by atoms with Crippen molar-refractivity contribution in [3.63, 3.8) is 0 Å². The van der Waals surface area contributed by atoms with E-state index in [4.69, 9.17) is 14.6 Å². The van der Waals surface area contributed by atoms with Crippen molar-refractivity contribution in [2.45, 2.75) is 31.1 Å². The number of hydrazine groups is 1. The lowest BCUT2D eigenvalue weighted by Gasteiger charge is -2.40. The van der Waals surface area contributed by atoms with Crippen LogP contribution in [0.25, 0.3) is 0 Å². The van der Waals surface area contributed by atoms with Crippen LogP contribution in [0.1, 0.15) is 22.3 Å². The van der Waals surface area contributed by atoms with E-state index in [1.165, 1.54) is 14.2 Å². The van der Waals surface area contributed by atoms with Crippen LogP contribution in [0, 0.1) is 19.8 Å². The van der Waals surface area contributed by atoms with Gasteiger partial charge in [-0.05, 0) is 31.5 Å². The van der Waals surface area contributed by atoms with Gasteiger partial charge in [0.25, 0.3) is 11.4 Å². The van der Waals surface area contributed by atoms with Crippen LogP contribution >= 0.6 is 0 Å². The Morgan fingerprint density at radius 2 is 1.29 bits per heavy atom. The lowest BCUT2D eigenvalue weighted by atomic mass is 9.69. The van der Waals surface area contributed by atoms with Crippen LogP contribution in [0.15, 0.2) is 114 Å². The fourth-order valence-electron chi connectivity index (χ4n) is 6.50. The summed E-state index contributed by atoms with van der Waals surface area (Å²) in [6.45, 7) is 4.05. The number of ether oxygens (including phenoxy) is 2. The summed E-state index contributed by atoms with van der Waals surface area (Å²) in [6.07, 6.45) is 0. The molecule has 0 spiro atoms. The molecule has 6 rings (SSSR count). The maximum atomic E-state index is 14.1. The Bertz CT molecular complexity index is 1640. The van der Waals surface area contributed by atoms with Crippen LogP contribution in [0.4, 0.5) is 11.4 Å². The highest BCUT2D eigenvalue weighted by Crippen LogP contribution is 2.62. The molecule has 2 aliphatic heterocycles. The molecule has 212 valence electrons. The third-order valence-corrected chi connectivity index (χ3v) is 8.38. The number of hydrogen-bond donors (Lipinski definition) is 1. The number of benzene rings is 4. The molecule has 8 heteroatoms. The fraction of sp³-hybridized carbons (Fsp3) is 0.235. The second kappa shape index (κ2) is 10.4. The summed E-state index contributed by atoms with van der Waals surface area (Å²) in [5.74, 6) is -2.19. The zero-order valence-corrected chi connectivity index (χ0v) is 24.0. The Hall–Kier alpha value is -4.98. The molecular formula is C34H33N4O4+. The zero-order chi connectivity index (χ0) is 29.5. The number of anilines is 1. The Kier molecular flexibility index (Phi) is 6.77. The van der Waals surface area contributed by atoms with Crippen molar-refractivity contribution >= 4 is 23.3 Å². The van der Waals surface area contributed by atoms with E-state index in [1.54, 1.807) is 4.81 Å². The molecule has 1 saturated heterocycles. The quantitative estimate of drug-likeness (QED) is 0.247. The van der Waals surface area contributed by atoms with E-state index in [2.05, 4.69) is 5.43 Å². The van der Waals surface area contributed by atoms with E-state index in [9.17, 15) is 9.59 Å². The van der Waals surface area contributed by atoms with Crippen LogP contribution in [0.5, 0.6) is 0 Å². The standard InChI is InChI=1S/C34H33N4O4/c1-23-15-19-26(20-16-23)34-33(25-11-7-5-8-12-25,35-38(36-34)28-21-17-24(2)18-22-28)29(31(39)41-3)30(32(40)42-4)37(34)27-13-9-6-10-14-27/h5-22,29-30H,1-4H3,(H,35,36)/q+1/t29-,30+,33-,34+/m0/s1. The van der Waals surface area contributed by atoms with Gasteiger partial charge in [0.1, 0.15) is 12.0 Å². The fourth-order valence-corrected chi connectivity index (χ4v) is 6.50. The molecule has 8 nitrogen and oxygen atoms in total. The normalized spacial score (nSPS) is 24.4. The second-order valence-corrected chi connectivity index (χ2v) is 10.7. The SMILES string of the molecule is COC(=O)[C@@H]1[C@H](C(=O)OC)N(c2ccccc2)[C@@]2(c3ccc(C)cc3)N=[N+](c3ccc(C)cc3)N[C@@]12c1ccccc1. The van der Waals surface area contributed by atoms with Crippen LogP contribution in [-0.4, -0.2) is 37.0 Å². The molecule has 0 aromatic heterocycles. The highest BCUT2D eigenvalue weighted by Gasteiger charge is 2.81. The molecule has 0 saturated carbocycles. The molecule has 0 aliphatic carbocycles. The largest absolute Gasteiger partial charge is 0.469 e. The van der Waals surface area contributed by atoms with Gasteiger partial charge in [-0.25, -0.2) is 4.79 Å². The van der Waals surface area contributed by atoms with Crippen LogP contribution in [0.2, 0.25) is 0 Å². The first-order chi connectivity index (χ1) is 20.4. The van der Waals surface area contributed by atoms with Gasteiger partial charge in [0, 0.05) is 33.3 Å². The smallest absolute Gasteiger partial charge is 0.329 e. The molecule has 2 aliphatic rings. The highest BCUT2D eigenvalue weighted by molar-refractivity contribution is 5.92. The van der Waals surface area contributed by atoms with Crippen molar-refractivity contribution < 1.29 is 23.9 Å². The molecule has 2 heterocycles. The van der Waals surface area contributed by atoms with Gasteiger partial charge in [-0.2, -0.15) is 5.43 Å². The molecule has 4 aromatic carbocycles. The topological polar surface area (TPSA) is 83.2 Å². The summed E-state index contributed by atoms with van der Waals surface area (Å²) < 4.78 is 10.9. The van der Waals surface area contributed by atoms with E-state index in [-0.39, 0.29) is 0 Å². The van der Waals surface area contributed by atoms with Gasteiger partial charge in [0.15, 0.2) is 5.54 Å². The van der Waals surface area contributed by atoms with Gasteiger partial charge in [-0.1, -0.05) is 96.1 Å². The van der Waals surface area contributed by atoms with Crippen molar-refractivity contribution in [2.24, 2.45) is 11.0 Å². The molecule has 0 bridgehead atoms. The number of nitrogens with zero attached hydrogens (tertiary/aromatic N) is 3. The van der Waals surface area contributed by atoms with Gasteiger partial charge >= 0.3 is 11.9 Å². The van der Waals surface area contributed by atoms with Crippen LogP contribution in [0.3, 0.4) is 0 Å². The predicted molar refractivity (Wildman–Crippen MR) is 158 cm³/mol. The summed E-state index contributed by atoms with van der Waals surface area (Å²) in [5, 5.41) is 5.45. The maximum Gasteiger partial charge on any atom is 0.329 e. The average molecular weight is 562 g/mol. The van der Waals surface area contributed by atoms with Crippen molar-refractivity contribution in [3.05, 3.63) is 131 Å². The lowest BCUT2D eigenvalue weighted by molar-refractivity contribution is -0.570. The Morgan fingerprint density at radius 1 is 0.738 bits per heavy atom. The van der Waals surface area contributed by atoms with Crippen molar-refractivity contribution in [1.29, 1.82) is 0 Å². The summed E-state index contributed by atoms with van der Waals surface area (Å²) in [4.78, 5) is 31.7. The summed E-state index contributed by atoms with van der Waals surface area (Å²) in [6, 6.07) is 34.2. The molecule has 0 unspecified atom stereocenters. The number of aryl methyl sites for hydroxylation is 2. The van der Waals surface area contributed by atoms with E-state index in [1.807, 2.05) is 128 Å². The molecule has 4 aromatic rings. The minimum absolute atomic E-state index is 0.558. The van der Waals surface area contributed by atoms with E-state index >= 15 is 0 Å². The molecule has 1 fully saturated rings. The number of carbonyl (C=O) groups excluding carboxylic acids is 2. The van der Waals surface area contributed by atoms with Gasteiger partial charge in [-0.15, -0.1) is 0 Å². The monoisotopic (exact) mass is 561 g/mol. The first-order valence-corrected chi connectivity index (χ1v) is 13.9. The maximum absolute atomic E-state index is 14.1. The van der Waals surface area contributed by atoms with E-state index in [0.717, 1.165) is 27.9 Å². The van der Waals surface area contributed by atoms with Gasteiger partial charge < -0.3 is 14.4 Å².